The van der Waals surface area contributed by atoms with E-state index in [1.807, 2.05) is 0 Å². The fourth-order valence-electron chi connectivity index (χ4n) is 1.45. The highest BCUT2D eigenvalue weighted by atomic mass is 35.5. The minimum absolute atomic E-state index is 0.0604. The van der Waals surface area contributed by atoms with Gasteiger partial charge in [0.15, 0.2) is 0 Å². The number of rotatable bonds is 5. The van der Waals surface area contributed by atoms with E-state index in [0.717, 1.165) is 0 Å². The lowest BCUT2D eigenvalue weighted by Crippen LogP contribution is -2.27. The average Bonchev–Trinajstić information content (AvgIpc) is 2.30. The van der Waals surface area contributed by atoms with Crippen molar-refractivity contribution >= 4 is 17.5 Å². The molecule has 0 aliphatic heterocycles. The van der Waals surface area contributed by atoms with Crippen LogP contribution in [0.3, 0.4) is 0 Å². The molecule has 1 rings (SSSR count). The Morgan fingerprint density at radius 1 is 1.53 bits per heavy atom. The number of halogens is 2. The van der Waals surface area contributed by atoms with Crippen LogP contribution in [0.5, 0.6) is 0 Å². The summed E-state index contributed by atoms with van der Waals surface area (Å²) in [7, 11) is 1.63. The highest BCUT2D eigenvalue weighted by molar-refractivity contribution is 6.31. The first-order valence-corrected chi connectivity index (χ1v) is 5.81. The van der Waals surface area contributed by atoms with Crippen molar-refractivity contribution in [2.45, 2.75) is 19.4 Å². The van der Waals surface area contributed by atoms with Gasteiger partial charge in [-0.3, -0.25) is 4.79 Å². The second kappa shape index (κ2) is 6.57. The molecule has 3 nitrogen and oxygen atoms in total. The Hall–Kier alpha value is -1.13. The van der Waals surface area contributed by atoms with E-state index >= 15 is 0 Å². The number of hydrogen-bond donors (Lipinski definition) is 1. The molecule has 0 atom stereocenters. The normalized spacial score (nSPS) is 10.4. The molecular formula is C12H16ClFN2O. The molecule has 1 aromatic rings. The van der Waals surface area contributed by atoms with Gasteiger partial charge >= 0.3 is 0 Å². The van der Waals surface area contributed by atoms with E-state index in [0.29, 0.717) is 30.0 Å². The smallest absolute Gasteiger partial charge is 0.222 e. The van der Waals surface area contributed by atoms with Gasteiger partial charge in [0.25, 0.3) is 0 Å². The molecule has 0 aliphatic rings. The molecule has 0 fully saturated rings. The summed E-state index contributed by atoms with van der Waals surface area (Å²) in [5.41, 5.74) is 5.67. The van der Waals surface area contributed by atoms with Gasteiger partial charge in [-0.25, -0.2) is 4.39 Å². The lowest BCUT2D eigenvalue weighted by molar-refractivity contribution is -0.130. The minimum atomic E-state index is -0.393. The molecule has 0 saturated heterocycles. The average molecular weight is 259 g/mol. The summed E-state index contributed by atoms with van der Waals surface area (Å²) in [6.45, 7) is 0.648. The summed E-state index contributed by atoms with van der Waals surface area (Å²) in [4.78, 5) is 13.1. The van der Waals surface area contributed by atoms with Crippen LogP contribution in [0.1, 0.15) is 18.4 Å². The summed E-state index contributed by atoms with van der Waals surface area (Å²) in [6, 6.07) is 4.48. The van der Waals surface area contributed by atoms with Crippen molar-refractivity contribution in [3.8, 4) is 0 Å². The van der Waals surface area contributed by atoms with Gasteiger partial charge in [-0.1, -0.05) is 17.7 Å². The Morgan fingerprint density at radius 2 is 2.24 bits per heavy atom. The third-order valence-corrected chi connectivity index (χ3v) is 2.83. The molecule has 2 N–H and O–H groups in total. The zero-order chi connectivity index (χ0) is 12.8. The Morgan fingerprint density at radius 3 is 2.82 bits per heavy atom. The van der Waals surface area contributed by atoms with Gasteiger partial charge in [0.2, 0.25) is 5.91 Å². The molecule has 1 amide bonds. The largest absolute Gasteiger partial charge is 0.341 e. The summed E-state index contributed by atoms with van der Waals surface area (Å²) in [5, 5.41) is 0.337. The van der Waals surface area contributed by atoms with E-state index in [9.17, 15) is 9.18 Å². The molecule has 0 aromatic heterocycles. The van der Waals surface area contributed by atoms with Crippen LogP contribution in [0.25, 0.3) is 0 Å². The fraction of sp³-hybridized carbons (Fsp3) is 0.417. The number of nitrogens with two attached hydrogens (primary N) is 1. The van der Waals surface area contributed by atoms with Crippen molar-refractivity contribution in [3.05, 3.63) is 34.6 Å². The van der Waals surface area contributed by atoms with Gasteiger partial charge < -0.3 is 10.6 Å². The molecule has 0 saturated carbocycles. The van der Waals surface area contributed by atoms with Crippen LogP contribution in [0, 0.1) is 5.82 Å². The van der Waals surface area contributed by atoms with Crippen molar-refractivity contribution in [3.63, 3.8) is 0 Å². The van der Waals surface area contributed by atoms with E-state index in [2.05, 4.69) is 0 Å². The van der Waals surface area contributed by atoms with Gasteiger partial charge in [0.05, 0.1) is 0 Å². The van der Waals surface area contributed by atoms with Gasteiger partial charge in [-0.05, 0) is 25.1 Å². The van der Waals surface area contributed by atoms with Gasteiger partial charge in [0.1, 0.15) is 5.82 Å². The van der Waals surface area contributed by atoms with Crippen molar-refractivity contribution in [2.24, 2.45) is 5.73 Å². The molecule has 94 valence electrons. The Kier molecular flexibility index (Phi) is 5.38. The van der Waals surface area contributed by atoms with Gasteiger partial charge in [-0.2, -0.15) is 0 Å². The number of carbonyl (C=O) groups is 1. The van der Waals surface area contributed by atoms with Crippen molar-refractivity contribution < 1.29 is 9.18 Å². The molecule has 0 unspecified atom stereocenters. The maximum absolute atomic E-state index is 13.5. The second-order valence-corrected chi connectivity index (χ2v) is 4.25. The van der Waals surface area contributed by atoms with Crippen LogP contribution in [0.2, 0.25) is 5.02 Å². The first kappa shape index (κ1) is 13.9. The lowest BCUT2D eigenvalue weighted by atomic mass is 10.2. The van der Waals surface area contributed by atoms with Crippen LogP contribution in [-0.2, 0) is 11.3 Å². The third kappa shape index (κ3) is 3.98. The number of amides is 1. The zero-order valence-corrected chi connectivity index (χ0v) is 10.5. The zero-order valence-electron chi connectivity index (χ0n) is 9.75. The van der Waals surface area contributed by atoms with Crippen LogP contribution < -0.4 is 5.73 Å². The maximum atomic E-state index is 13.5. The molecule has 5 heteroatoms. The van der Waals surface area contributed by atoms with Crippen molar-refractivity contribution in [2.75, 3.05) is 13.6 Å². The van der Waals surface area contributed by atoms with Crippen LogP contribution >= 0.6 is 11.6 Å². The van der Waals surface area contributed by atoms with E-state index in [4.69, 9.17) is 17.3 Å². The van der Waals surface area contributed by atoms with Crippen LogP contribution in [0.15, 0.2) is 18.2 Å². The molecule has 1 aromatic carbocycles. The summed E-state index contributed by atoms with van der Waals surface area (Å²) in [6.07, 6.45) is 1.01. The highest BCUT2D eigenvalue weighted by Gasteiger charge is 2.13. The molecule has 0 aliphatic carbocycles. The lowest BCUT2D eigenvalue weighted by Gasteiger charge is -2.18. The first-order valence-electron chi connectivity index (χ1n) is 5.43. The van der Waals surface area contributed by atoms with E-state index in [1.165, 1.54) is 17.0 Å². The van der Waals surface area contributed by atoms with E-state index < -0.39 is 5.82 Å². The number of nitrogens with zero attached hydrogens (tertiary/aromatic N) is 1. The monoisotopic (exact) mass is 258 g/mol. The van der Waals surface area contributed by atoms with E-state index in [-0.39, 0.29) is 12.5 Å². The number of hydrogen-bond acceptors (Lipinski definition) is 2. The fourth-order valence-corrected chi connectivity index (χ4v) is 1.68. The predicted molar refractivity (Wildman–Crippen MR) is 66.2 cm³/mol. The first-order chi connectivity index (χ1) is 8.06. The third-order valence-electron chi connectivity index (χ3n) is 2.48. The predicted octanol–water partition coefficient (Wildman–Crippen LogP) is 2.18. The molecular weight excluding hydrogens is 243 g/mol. The quantitative estimate of drug-likeness (QED) is 0.880. The Bertz CT molecular complexity index is 378. The SMILES string of the molecule is CN(Cc1c(F)cccc1Cl)C(=O)CCCN. The molecule has 0 heterocycles. The Labute approximate surface area is 105 Å². The molecule has 17 heavy (non-hydrogen) atoms. The summed E-state index contributed by atoms with van der Waals surface area (Å²) >= 11 is 5.88. The van der Waals surface area contributed by atoms with Gasteiger partial charge in [0, 0.05) is 30.6 Å². The van der Waals surface area contributed by atoms with Crippen molar-refractivity contribution in [1.82, 2.24) is 4.90 Å². The van der Waals surface area contributed by atoms with Crippen LogP contribution in [-0.4, -0.2) is 24.4 Å². The molecule has 0 radical (unpaired) electrons. The molecule has 0 spiro atoms. The molecule has 0 bridgehead atoms. The Balaban J connectivity index is 2.67. The van der Waals surface area contributed by atoms with E-state index in [1.54, 1.807) is 13.1 Å². The maximum Gasteiger partial charge on any atom is 0.222 e. The second-order valence-electron chi connectivity index (χ2n) is 3.84. The summed E-state index contributed by atoms with van der Waals surface area (Å²) in [5.74, 6) is -0.453. The highest BCUT2D eigenvalue weighted by Crippen LogP contribution is 2.20. The topological polar surface area (TPSA) is 46.3 Å². The standard InChI is InChI=1S/C12H16ClFN2O/c1-16(12(17)6-3-7-15)8-9-10(13)4-2-5-11(9)14/h2,4-5H,3,6-8,15H2,1H3. The van der Waals surface area contributed by atoms with Gasteiger partial charge in [-0.15, -0.1) is 0 Å². The number of benzene rings is 1. The van der Waals surface area contributed by atoms with Crippen molar-refractivity contribution in [1.29, 1.82) is 0 Å². The minimum Gasteiger partial charge on any atom is -0.341 e. The summed E-state index contributed by atoms with van der Waals surface area (Å²) < 4.78 is 13.5. The number of carbonyl (C=O) groups excluding carboxylic acids is 1. The van der Waals surface area contributed by atoms with Crippen LogP contribution in [0.4, 0.5) is 4.39 Å².